The molecule has 1 aliphatic heterocycles. The molecule has 6 heteroatoms. The minimum Gasteiger partial charge on any atom is -0.493 e. The van der Waals surface area contributed by atoms with Gasteiger partial charge >= 0.3 is 0 Å². The molecule has 1 saturated heterocycles. The van der Waals surface area contributed by atoms with E-state index in [-0.39, 0.29) is 5.91 Å². The first-order valence-corrected chi connectivity index (χ1v) is 9.17. The van der Waals surface area contributed by atoms with Gasteiger partial charge in [-0.2, -0.15) is 0 Å². The molecular formula is C20H24N2O4. The van der Waals surface area contributed by atoms with E-state index in [1.54, 1.807) is 14.2 Å². The molecule has 0 unspecified atom stereocenters. The van der Waals surface area contributed by atoms with Crippen molar-refractivity contribution in [3.8, 4) is 22.8 Å². The quantitative estimate of drug-likeness (QED) is 0.821. The van der Waals surface area contributed by atoms with Crippen LogP contribution in [0.5, 0.6) is 11.5 Å². The lowest BCUT2D eigenvalue weighted by Gasteiger charge is -2.29. The largest absolute Gasteiger partial charge is 0.493 e. The molecule has 4 rings (SSSR count). The predicted molar refractivity (Wildman–Crippen MR) is 96.4 cm³/mol. The molecule has 2 aliphatic rings. The van der Waals surface area contributed by atoms with Crippen molar-refractivity contribution in [1.82, 2.24) is 10.1 Å². The molecule has 2 heterocycles. The molecule has 0 spiro atoms. The van der Waals surface area contributed by atoms with Crippen LogP contribution in [-0.4, -0.2) is 43.3 Å². The number of carbonyl (C=O) groups is 1. The lowest BCUT2D eigenvalue weighted by Crippen LogP contribution is -2.42. The highest BCUT2D eigenvalue weighted by Gasteiger charge is 2.55. The first-order chi connectivity index (χ1) is 12.7. The summed E-state index contributed by atoms with van der Waals surface area (Å²) in [7, 11) is 3.21. The molecule has 1 aliphatic carbocycles. The van der Waals surface area contributed by atoms with E-state index in [9.17, 15) is 4.79 Å². The van der Waals surface area contributed by atoms with Gasteiger partial charge in [-0.3, -0.25) is 4.79 Å². The molecule has 1 saturated carbocycles. The lowest BCUT2D eigenvalue weighted by molar-refractivity contribution is -0.135. The number of amides is 1. The summed E-state index contributed by atoms with van der Waals surface area (Å²) >= 11 is 0. The first-order valence-electron chi connectivity index (χ1n) is 9.17. The van der Waals surface area contributed by atoms with Gasteiger partial charge < -0.3 is 18.9 Å². The molecule has 26 heavy (non-hydrogen) atoms. The molecule has 1 amide bonds. The van der Waals surface area contributed by atoms with Crippen molar-refractivity contribution in [2.45, 2.75) is 37.5 Å². The predicted octanol–water partition coefficient (Wildman–Crippen LogP) is 3.40. The van der Waals surface area contributed by atoms with Crippen LogP contribution in [-0.2, 0) is 10.2 Å². The zero-order valence-electron chi connectivity index (χ0n) is 15.3. The minimum atomic E-state index is -0.477. The first kappa shape index (κ1) is 16.9. The summed E-state index contributed by atoms with van der Waals surface area (Å²) in [5, 5.41) is 4.25. The Hall–Kier alpha value is -2.50. The van der Waals surface area contributed by atoms with Crippen molar-refractivity contribution in [1.29, 1.82) is 0 Å². The number of piperidine rings is 1. The lowest BCUT2D eigenvalue weighted by atomic mass is 9.98. The Morgan fingerprint density at radius 3 is 2.46 bits per heavy atom. The van der Waals surface area contributed by atoms with E-state index in [1.165, 1.54) is 6.42 Å². The average Bonchev–Trinajstić information content (AvgIpc) is 3.36. The Balaban J connectivity index is 1.59. The van der Waals surface area contributed by atoms with Gasteiger partial charge in [0.1, 0.15) is 0 Å². The third-order valence-corrected chi connectivity index (χ3v) is 5.47. The fraction of sp³-hybridized carbons (Fsp3) is 0.500. The van der Waals surface area contributed by atoms with E-state index in [2.05, 4.69) is 5.16 Å². The van der Waals surface area contributed by atoms with Crippen LogP contribution >= 0.6 is 0 Å². The van der Waals surface area contributed by atoms with Gasteiger partial charge in [-0.15, -0.1) is 0 Å². The van der Waals surface area contributed by atoms with Gasteiger partial charge in [-0.25, -0.2) is 0 Å². The average molecular weight is 356 g/mol. The maximum atomic E-state index is 13.0. The summed E-state index contributed by atoms with van der Waals surface area (Å²) in [6, 6.07) is 7.49. The van der Waals surface area contributed by atoms with Gasteiger partial charge in [-0.1, -0.05) is 5.16 Å². The van der Waals surface area contributed by atoms with Crippen LogP contribution < -0.4 is 9.47 Å². The number of methoxy groups -OCH3 is 2. The van der Waals surface area contributed by atoms with E-state index in [0.717, 1.165) is 50.0 Å². The van der Waals surface area contributed by atoms with E-state index in [0.29, 0.717) is 17.3 Å². The van der Waals surface area contributed by atoms with Crippen molar-refractivity contribution >= 4 is 5.91 Å². The van der Waals surface area contributed by atoms with E-state index in [4.69, 9.17) is 14.0 Å². The molecule has 1 aromatic heterocycles. The maximum absolute atomic E-state index is 13.0. The SMILES string of the molecule is COc1ccc(-c2cc(C3(C(=O)N4CCCCC4)CC3)no2)cc1OC. The van der Waals surface area contributed by atoms with E-state index < -0.39 is 5.41 Å². The molecule has 2 fully saturated rings. The van der Waals surface area contributed by atoms with Gasteiger partial charge in [0, 0.05) is 24.7 Å². The minimum absolute atomic E-state index is 0.212. The Morgan fingerprint density at radius 2 is 1.81 bits per heavy atom. The van der Waals surface area contributed by atoms with Crippen molar-refractivity contribution in [2.75, 3.05) is 27.3 Å². The fourth-order valence-electron chi connectivity index (χ4n) is 3.73. The number of rotatable bonds is 5. The standard InChI is InChI=1S/C20H24N2O4/c1-24-15-7-6-14(12-17(15)25-2)16-13-18(21-26-16)20(8-9-20)19(23)22-10-4-3-5-11-22/h6-7,12-13H,3-5,8-11H2,1-2H3. The van der Waals surface area contributed by atoms with Gasteiger partial charge in [0.15, 0.2) is 17.3 Å². The summed E-state index contributed by atoms with van der Waals surface area (Å²) < 4.78 is 16.2. The van der Waals surface area contributed by atoms with Crippen molar-refractivity contribution in [3.63, 3.8) is 0 Å². The number of benzene rings is 1. The van der Waals surface area contributed by atoms with Crippen molar-refractivity contribution in [2.24, 2.45) is 0 Å². The number of nitrogens with zero attached hydrogens (tertiary/aromatic N) is 2. The Kier molecular flexibility index (Phi) is 4.34. The van der Waals surface area contributed by atoms with Gasteiger partial charge in [0.05, 0.1) is 25.3 Å². The zero-order chi connectivity index (χ0) is 18.1. The van der Waals surface area contributed by atoms with Crippen LogP contribution in [0, 0.1) is 0 Å². The number of carbonyl (C=O) groups excluding carboxylic acids is 1. The Morgan fingerprint density at radius 1 is 1.08 bits per heavy atom. The highest BCUT2D eigenvalue weighted by atomic mass is 16.5. The van der Waals surface area contributed by atoms with Crippen molar-refractivity contribution in [3.05, 3.63) is 30.0 Å². The molecule has 6 nitrogen and oxygen atoms in total. The smallest absolute Gasteiger partial charge is 0.234 e. The van der Waals surface area contributed by atoms with Gasteiger partial charge in [-0.05, 0) is 50.3 Å². The molecule has 0 bridgehead atoms. The number of hydrogen-bond donors (Lipinski definition) is 0. The molecule has 138 valence electrons. The summed E-state index contributed by atoms with van der Waals surface area (Å²) in [4.78, 5) is 15.0. The third-order valence-electron chi connectivity index (χ3n) is 5.47. The Bertz CT molecular complexity index is 804. The van der Waals surface area contributed by atoms with Gasteiger partial charge in [0.25, 0.3) is 0 Å². The van der Waals surface area contributed by atoms with E-state index in [1.807, 2.05) is 29.2 Å². The van der Waals surface area contributed by atoms with Crippen LogP contribution in [0.2, 0.25) is 0 Å². The van der Waals surface area contributed by atoms with Crippen LogP contribution in [0.4, 0.5) is 0 Å². The monoisotopic (exact) mass is 356 g/mol. The number of likely N-dealkylation sites (tertiary alicyclic amines) is 1. The highest BCUT2D eigenvalue weighted by Crippen LogP contribution is 2.50. The van der Waals surface area contributed by atoms with Crippen molar-refractivity contribution < 1.29 is 18.8 Å². The normalized spacial score (nSPS) is 18.5. The second-order valence-corrected chi connectivity index (χ2v) is 7.08. The zero-order valence-corrected chi connectivity index (χ0v) is 15.3. The second kappa shape index (κ2) is 6.67. The Labute approximate surface area is 153 Å². The summed E-state index contributed by atoms with van der Waals surface area (Å²) in [5.74, 6) is 2.14. The van der Waals surface area contributed by atoms with Crippen LogP contribution in [0.15, 0.2) is 28.8 Å². The molecule has 1 aromatic carbocycles. The van der Waals surface area contributed by atoms with Crippen LogP contribution in [0.3, 0.4) is 0 Å². The van der Waals surface area contributed by atoms with Crippen LogP contribution in [0.25, 0.3) is 11.3 Å². The summed E-state index contributed by atoms with van der Waals surface area (Å²) in [6.45, 7) is 1.72. The molecule has 0 radical (unpaired) electrons. The third kappa shape index (κ3) is 2.83. The number of ether oxygens (including phenoxy) is 2. The van der Waals surface area contributed by atoms with Crippen LogP contribution in [0.1, 0.15) is 37.8 Å². The summed E-state index contributed by atoms with van der Waals surface area (Å²) in [6.07, 6.45) is 5.10. The molecule has 2 aromatic rings. The fourth-order valence-corrected chi connectivity index (χ4v) is 3.73. The van der Waals surface area contributed by atoms with Gasteiger partial charge in [0.2, 0.25) is 5.91 Å². The molecule has 0 N–H and O–H groups in total. The number of aromatic nitrogens is 1. The highest BCUT2D eigenvalue weighted by molar-refractivity contribution is 5.91. The maximum Gasteiger partial charge on any atom is 0.234 e. The topological polar surface area (TPSA) is 64.8 Å². The summed E-state index contributed by atoms with van der Waals surface area (Å²) in [5.41, 5.74) is 1.12. The molecular weight excluding hydrogens is 332 g/mol. The van der Waals surface area contributed by atoms with E-state index >= 15 is 0 Å². The second-order valence-electron chi connectivity index (χ2n) is 7.08. The number of hydrogen-bond acceptors (Lipinski definition) is 5. The molecule has 0 atom stereocenters.